The van der Waals surface area contributed by atoms with Crippen molar-refractivity contribution in [3.05, 3.63) is 12.7 Å². The van der Waals surface area contributed by atoms with Gasteiger partial charge in [0.1, 0.15) is 0 Å². The number of aliphatic hydroxyl groups is 1. The normalized spacial score (nSPS) is 14.9. The molecule has 0 bridgehead atoms. The monoisotopic (exact) mass is 223 g/mol. The molecular weight excluding hydrogens is 206 g/mol. The number of rotatable bonds is 4. The Balaban J connectivity index is 0. The Kier molecular flexibility index (Phi) is 6.81. The highest BCUT2D eigenvalue weighted by Gasteiger charge is 2.31. The molecule has 2 unspecified atom stereocenters. The van der Waals surface area contributed by atoms with E-state index in [0.717, 1.165) is 6.08 Å². The van der Waals surface area contributed by atoms with Gasteiger partial charge >= 0.3 is 5.97 Å². The molecule has 0 aliphatic carbocycles. The number of halogens is 1. The molecule has 0 rings (SSSR count). The fourth-order valence-electron chi connectivity index (χ4n) is 0.656. The molecule has 1 N–H and O–H groups in total. The van der Waals surface area contributed by atoms with E-state index < -0.39 is 18.4 Å². The van der Waals surface area contributed by atoms with E-state index in [-0.39, 0.29) is 16.9 Å². The van der Waals surface area contributed by atoms with Crippen LogP contribution in [0.15, 0.2) is 12.7 Å². The minimum absolute atomic E-state index is 0. The van der Waals surface area contributed by atoms with Crippen LogP contribution in [0.4, 0.5) is 0 Å². The first-order valence-electron chi connectivity index (χ1n) is 4.16. The quantitative estimate of drug-likeness (QED) is 0.248. The zero-order valence-electron chi connectivity index (χ0n) is 9.03. The summed E-state index contributed by atoms with van der Waals surface area (Å²) < 4.78 is 5.19. The summed E-state index contributed by atoms with van der Waals surface area (Å²) in [6, 6.07) is 0. The fourth-order valence-corrected chi connectivity index (χ4v) is 0.656. The molecule has 0 fully saturated rings. The Morgan fingerprint density at radius 1 is 1.50 bits per heavy atom. The summed E-state index contributed by atoms with van der Waals surface area (Å²) >= 11 is 0. The molecule has 4 nitrogen and oxygen atoms in total. The average Bonchev–Trinajstić information content (AvgIpc) is 2.03. The minimum atomic E-state index is -0.590. The predicted molar refractivity (Wildman–Crippen MR) is 49.5 cm³/mol. The molecule has 0 aliphatic rings. The highest BCUT2D eigenvalue weighted by Crippen LogP contribution is 2.12. The standard InChI is InChI=1S/C9H18NO3.ClH/c1-6-9(12)13-8(3)10(4,5)7(2)11;/h6-8,11H,1H2,2-5H3;1H/q+1;/p-1. The van der Waals surface area contributed by atoms with Crippen LogP contribution in [-0.4, -0.2) is 42.1 Å². The van der Waals surface area contributed by atoms with Gasteiger partial charge in [-0.25, -0.2) is 4.79 Å². The van der Waals surface area contributed by atoms with Crippen molar-refractivity contribution in [3.8, 4) is 0 Å². The van der Waals surface area contributed by atoms with Crippen LogP contribution >= 0.6 is 0 Å². The van der Waals surface area contributed by atoms with Gasteiger partial charge in [-0.2, -0.15) is 0 Å². The number of quaternary nitrogens is 1. The smallest absolute Gasteiger partial charge is 0.334 e. The summed E-state index contributed by atoms with van der Waals surface area (Å²) in [5.41, 5.74) is 0. The van der Waals surface area contributed by atoms with Gasteiger partial charge in [0.25, 0.3) is 0 Å². The summed E-state index contributed by atoms with van der Waals surface area (Å²) in [7, 11) is 3.57. The van der Waals surface area contributed by atoms with Crippen molar-refractivity contribution in [3.63, 3.8) is 0 Å². The summed E-state index contributed by atoms with van der Waals surface area (Å²) in [5, 5.41) is 9.39. The molecule has 0 saturated carbocycles. The van der Waals surface area contributed by atoms with Crippen LogP contribution in [0.3, 0.4) is 0 Å². The molecule has 5 heteroatoms. The summed E-state index contributed by atoms with van der Waals surface area (Å²) in [6.45, 7) is 6.68. The summed E-state index contributed by atoms with van der Waals surface area (Å²) in [5.74, 6) is -0.473. The average molecular weight is 224 g/mol. The number of aliphatic hydroxyl groups excluding tert-OH is 1. The maximum atomic E-state index is 10.9. The Morgan fingerprint density at radius 3 is 2.21 bits per heavy atom. The van der Waals surface area contributed by atoms with Gasteiger partial charge in [-0.15, -0.1) is 0 Å². The Morgan fingerprint density at radius 2 is 1.93 bits per heavy atom. The van der Waals surface area contributed by atoms with Gasteiger partial charge in [0.05, 0.1) is 14.1 Å². The first kappa shape index (κ1) is 15.9. The van der Waals surface area contributed by atoms with Crippen molar-refractivity contribution >= 4 is 5.97 Å². The molecule has 0 aromatic heterocycles. The van der Waals surface area contributed by atoms with Crippen LogP contribution in [0.25, 0.3) is 0 Å². The maximum Gasteiger partial charge on any atom is 0.334 e. The molecule has 84 valence electrons. The number of ether oxygens (including phenoxy) is 1. The molecule has 0 aromatic carbocycles. The van der Waals surface area contributed by atoms with Gasteiger partial charge in [-0.3, -0.25) is 4.48 Å². The molecule has 0 spiro atoms. The largest absolute Gasteiger partial charge is 1.00 e. The van der Waals surface area contributed by atoms with Gasteiger partial charge in [0.15, 0.2) is 6.23 Å². The van der Waals surface area contributed by atoms with Crippen LogP contribution in [0.5, 0.6) is 0 Å². The molecule has 0 aliphatic heterocycles. The molecule has 0 amide bonds. The van der Waals surface area contributed by atoms with E-state index in [1.54, 1.807) is 27.9 Å². The van der Waals surface area contributed by atoms with E-state index in [1.165, 1.54) is 0 Å². The van der Waals surface area contributed by atoms with Crippen molar-refractivity contribution in [2.75, 3.05) is 14.1 Å². The van der Waals surface area contributed by atoms with E-state index in [2.05, 4.69) is 6.58 Å². The summed E-state index contributed by atoms with van der Waals surface area (Å²) in [4.78, 5) is 10.9. The molecule has 0 saturated heterocycles. The third kappa shape index (κ3) is 4.09. The third-order valence-corrected chi connectivity index (χ3v) is 2.35. The molecule has 14 heavy (non-hydrogen) atoms. The van der Waals surface area contributed by atoms with Crippen LogP contribution in [0.1, 0.15) is 13.8 Å². The SMILES string of the molecule is C=CC(=O)OC(C)[N+](C)(C)C(C)O.[Cl-]. The van der Waals surface area contributed by atoms with Crippen LogP contribution in [0, 0.1) is 0 Å². The third-order valence-electron chi connectivity index (χ3n) is 2.35. The topological polar surface area (TPSA) is 46.5 Å². The van der Waals surface area contributed by atoms with Crippen LogP contribution < -0.4 is 12.4 Å². The van der Waals surface area contributed by atoms with E-state index in [1.807, 2.05) is 0 Å². The first-order chi connectivity index (χ1) is 5.82. The minimum Gasteiger partial charge on any atom is -1.00 e. The van der Waals surface area contributed by atoms with Crippen LogP contribution in [0.2, 0.25) is 0 Å². The molecule has 0 radical (unpaired) electrons. The van der Waals surface area contributed by atoms with Crippen molar-refractivity contribution < 1.29 is 31.5 Å². The molecule has 0 heterocycles. The second-order valence-corrected chi connectivity index (χ2v) is 3.50. The number of hydrogen-bond acceptors (Lipinski definition) is 3. The lowest BCUT2D eigenvalue weighted by atomic mass is 10.4. The van der Waals surface area contributed by atoms with Crippen molar-refractivity contribution in [1.82, 2.24) is 0 Å². The van der Waals surface area contributed by atoms with Gasteiger partial charge in [-0.05, 0) is 0 Å². The van der Waals surface area contributed by atoms with Gasteiger partial charge in [0.2, 0.25) is 6.23 Å². The van der Waals surface area contributed by atoms with Gasteiger partial charge in [-0.1, -0.05) is 6.58 Å². The maximum absolute atomic E-state index is 10.9. The molecular formula is C9H18ClNO3. The lowest BCUT2D eigenvalue weighted by Crippen LogP contribution is -3.00. The number of carbonyl (C=O) groups excluding carboxylic acids is 1. The highest BCUT2D eigenvalue weighted by atomic mass is 35.5. The number of carbonyl (C=O) groups is 1. The Hall–Kier alpha value is -0.580. The lowest BCUT2D eigenvalue weighted by Gasteiger charge is -2.36. The molecule has 0 aromatic rings. The van der Waals surface area contributed by atoms with Gasteiger partial charge in [0, 0.05) is 19.9 Å². The van der Waals surface area contributed by atoms with Crippen LogP contribution in [-0.2, 0) is 9.53 Å². The highest BCUT2D eigenvalue weighted by molar-refractivity contribution is 5.81. The zero-order valence-corrected chi connectivity index (χ0v) is 9.78. The second kappa shape index (κ2) is 6.01. The fraction of sp³-hybridized carbons (Fsp3) is 0.667. The molecule has 2 atom stereocenters. The van der Waals surface area contributed by atoms with E-state index in [9.17, 15) is 9.90 Å². The zero-order chi connectivity index (χ0) is 10.6. The van der Waals surface area contributed by atoms with Crippen molar-refractivity contribution in [2.24, 2.45) is 0 Å². The second-order valence-electron chi connectivity index (χ2n) is 3.50. The predicted octanol–water partition coefficient (Wildman–Crippen LogP) is -2.52. The Bertz CT molecular complexity index is 204. The van der Waals surface area contributed by atoms with E-state index >= 15 is 0 Å². The lowest BCUT2D eigenvalue weighted by molar-refractivity contribution is -0.972. The van der Waals surface area contributed by atoms with Crippen molar-refractivity contribution in [1.29, 1.82) is 0 Å². The number of nitrogens with zero attached hydrogens (tertiary/aromatic N) is 1. The van der Waals surface area contributed by atoms with Crippen molar-refractivity contribution in [2.45, 2.75) is 26.3 Å². The van der Waals surface area contributed by atoms with Gasteiger partial charge < -0.3 is 22.3 Å². The number of hydrogen-bond donors (Lipinski definition) is 1. The number of esters is 1. The summed E-state index contributed by atoms with van der Waals surface area (Å²) in [6.07, 6.45) is 0.122. The van der Waals surface area contributed by atoms with E-state index in [0.29, 0.717) is 0 Å². The first-order valence-corrected chi connectivity index (χ1v) is 4.16. The Labute approximate surface area is 91.2 Å². The van der Waals surface area contributed by atoms with E-state index in [4.69, 9.17) is 4.74 Å².